The van der Waals surface area contributed by atoms with Crippen LogP contribution in [0, 0.1) is 11.4 Å². The molecule has 5 heteroatoms. The summed E-state index contributed by atoms with van der Waals surface area (Å²) < 4.78 is 0. The average Bonchev–Trinajstić information content (AvgIpc) is 2.07. The third-order valence-corrected chi connectivity index (χ3v) is 1.88. The van der Waals surface area contributed by atoms with E-state index in [4.69, 9.17) is 11.3 Å². The van der Waals surface area contributed by atoms with Crippen LogP contribution >= 0.6 is 0 Å². The maximum absolute atomic E-state index is 6.49. The van der Waals surface area contributed by atoms with Gasteiger partial charge in [0.1, 0.15) is 5.84 Å². The van der Waals surface area contributed by atoms with Crippen molar-refractivity contribution < 1.29 is 0 Å². The summed E-state index contributed by atoms with van der Waals surface area (Å²) in [6.07, 6.45) is 2.18. The summed E-state index contributed by atoms with van der Waals surface area (Å²) >= 11 is 0. The molecule has 0 amide bonds. The van der Waals surface area contributed by atoms with Crippen molar-refractivity contribution in [3.8, 4) is 0 Å². The first-order chi connectivity index (χ1) is 5.34. The van der Waals surface area contributed by atoms with Crippen LogP contribution in [0.15, 0.2) is 10.3 Å². The van der Waals surface area contributed by atoms with Crippen LogP contribution in [-0.2, 0) is 0 Å². The van der Waals surface area contributed by atoms with Crippen LogP contribution in [0.5, 0.6) is 0 Å². The number of hydrogen-bond donors (Lipinski definition) is 3. The fourth-order valence-electron chi connectivity index (χ4n) is 1.24. The van der Waals surface area contributed by atoms with Crippen LogP contribution in [0.1, 0.15) is 12.8 Å². The van der Waals surface area contributed by atoms with Crippen LogP contribution < -0.4 is 11.1 Å². The third-order valence-electron chi connectivity index (χ3n) is 1.88. The van der Waals surface area contributed by atoms with Gasteiger partial charge in [0.25, 0.3) is 0 Å². The molecular weight excluding hydrogens is 142 g/mol. The quantitative estimate of drug-likeness (QED) is 0.231. The fourth-order valence-corrected chi connectivity index (χ4v) is 1.24. The van der Waals surface area contributed by atoms with E-state index in [0.29, 0.717) is 5.84 Å². The molecule has 0 radical (unpaired) electrons. The van der Waals surface area contributed by atoms with Crippen molar-refractivity contribution in [2.45, 2.75) is 12.8 Å². The van der Waals surface area contributed by atoms with E-state index in [1.807, 2.05) is 0 Å². The fraction of sp³-hybridized carbons (Fsp3) is 0.833. The Kier molecular flexibility index (Phi) is 2.97. The van der Waals surface area contributed by atoms with Gasteiger partial charge in [-0.25, -0.2) is 0 Å². The first-order valence-electron chi connectivity index (χ1n) is 3.75. The number of nitrogens with two attached hydrogens (primary N) is 1. The predicted octanol–water partition coefficient (Wildman–Crippen LogP) is 0.289. The normalized spacial score (nSPS) is 26.5. The van der Waals surface area contributed by atoms with Crippen molar-refractivity contribution >= 4 is 5.84 Å². The second-order valence-electron chi connectivity index (χ2n) is 2.67. The van der Waals surface area contributed by atoms with Gasteiger partial charge >= 0.3 is 0 Å². The van der Waals surface area contributed by atoms with E-state index in [0.717, 1.165) is 25.9 Å². The van der Waals surface area contributed by atoms with Gasteiger partial charge < -0.3 is 11.1 Å². The summed E-state index contributed by atoms with van der Waals surface area (Å²) in [6, 6.07) is 0. The van der Waals surface area contributed by atoms with Gasteiger partial charge in [-0.15, -0.1) is 5.10 Å². The van der Waals surface area contributed by atoms with E-state index in [2.05, 4.69) is 15.6 Å². The lowest BCUT2D eigenvalue weighted by Gasteiger charge is -2.20. The molecule has 0 bridgehead atoms. The summed E-state index contributed by atoms with van der Waals surface area (Å²) in [5.74, 6) is 0.755. The molecule has 1 saturated heterocycles. The van der Waals surface area contributed by atoms with Gasteiger partial charge in [0, 0.05) is 12.5 Å². The molecule has 4 N–H and O–H groups in total. The Morgan fingerprint density at radius 3 is 3.00 bits per heavy atom. The molecule has 0 aromatic rings. The lowest BCUT2D eigenvalue weighted by Crippen LogP contribution is -2.37. The second kappa shape index (κ2) is 4.02. The van der Waals surface area contributed by atoms with Crippen molar-refractivity contribution in [3.63, 3.8) is 0 Å². The molecule has 1 heterocycles. The van der Waals surface area contributed by atoms with Crippen molar-refractivity contribution in [2.24, 2.45) is 22.0 Å². The Morgan fingerprint density at radius 2 is 2.45 bits per heavy atom. The van der Waals surface area contributed by atoms with E-state index >= 15 is 0 Å². The van der Waals surface area contributed by atoms with Crippen LogP contribution in [0.25, 0.3) is 0 Å². The number of hydrogen-bond acceptors (Lipinski definition) is 3. The van der Waals surface area contributed by atoms with E-state index < -0.39 is 0 Å². The summed E-state index contributed by atoms with van der Waals surface area (Å²) in [4.78, 5) is 0. The summed E-state index contributed by atoms with van der Waals surface area (Å²) in [6.45, 7) is 1.92. The van der Waals surface area contributed by atoms with E-state index in [1.54, 1.807) is 0 Å². The number of nitrogens with one attached hydrogen (secondary N) is 2. The van der Waals surface area contributed by atoms with E-state index in [1.165, 1.54) is 0 Å². The van der Waals surface area contributed by atoms with Gasteiger partial charge in [-0.3, -0.25) is 0 Å². The summed E-state index contributed by atoms with van der Waals surface area (Å²) in [5.41, 5.74) is 12.0. The third kappa shape index (κ3) is 2.27. The molecule has 1 aliphatic rings. The standard InChI is InChI=1S/C6H13N5/c7-6(10-11-8)5-2-1-3-9-4-5/h5,9H,1-4H2,(H3,7,8,10). The number of nitrogens with zero attached hydrogens (tertiary/aromatic N) is 2. The van der Waals surface area contributed by atoms with Gasteiger partial charge in [0.05, 0.1) is 0 Å². The van der Waals surface area contributed by atoms with E-state index in [9.17, 15) is 0 Å². The van der Waals surface area contributed by atoms with Crippen LogP contribution in [0.3, 0.4) is 0 Å². The van der Waals surface area contributed by atoms with Crippen molar-refractivity contribution in [3.05, 3.63) is 0 Å². The van der Waals surface area contributed by atoms with Crippen LogP contribution in [0.4, 0.5) is 0 Å². The topological polar surface area (TPSA) is 86.6 Å². The Morgan fingerprint density at radius 1 is 1.64 bits per heavy atom. The zero-order valence-electron chi connectivity index (χ0n) is 6.38. The first-order valence-corrected chi connectivity index (χ1v) is 3.75. The molecule has 5 nitrogen and oxygen atoms in total. The molecule has 1 atom stereocenters. The van der Waals surface area contributed by atoms with Crippen molar-refractivity contribution in [1.29, 1.82) is 5.53 Å². The molecule has 1 rings (SSSR count). The Hall–Kier alpha value is -0.970. The zero-order valence-corrected chi connectivity index (χ0v) is 6.38. The minimum atomic E-state index is 0.276. The molecule has 0 aromatic carbocycles. The zero-order chi connectivity index (χ0) is 8.10. The minimum absolute atomic E-state index is 0.276. The predicted molar refractivity (Wildman–Crippen MR) is 42.4 cm³/mol. The summed E-state index contributed by atoms with van der Waals surface area (Å²) in [5, 5.41) is 9.60. The van der Waals surface area contributed by atoms with Crippen molar-refractivity contribution in [1.82, 2.24) is 5.32 Å². The van der Waals surface area contributed by atoms with E-state index in [-0.39, 0.29) is 5.92 Å². The molecule has 0 aliphatic carbocycles. The maximum atomic E-state index is 6.49. The lowest BCUT2D eigenvalue weighted by molar-refractivity contribution is 0.455. The Bertz CT molecular complexity index is 158. The molecule has 1 aliphatic heterocycles. The smallest absolute Gasteiger partial charge is 0.128 e. The van der Waals surface area contributed by atoms with Gasteiger partial charge in [-0.1, -0.05) is 5.22 Å². The molecular formula is C6H13N5. The highest BCUT2D eigenvalue weighted by Crippen LogP contribution is 2.09. The van der Waals surface area contributed by atoms with Crippen molar-refractivity contribution in [2.75, 3.05) is 13.1 Å². The molecule has 1 unspecified atom stereocenters. The van der Waals surface area contributed by atoms with Gasteiger partial charge in [-0.05, 0) is 19.4 Å². The van der Waals surface area contributed by atoms with Gasteiger partial charge in [0.2, 0.25) is 0 Å². The highest BCUT2D eigenvalue weighted by Gasteiger charge is 2.16. The largest absolute Gasteiger partial charge is 0.385 e. The highest BCUT2D eigenvalue weighted by atomic mass is 15.3. The molecule has 62 valence electrons. The molecule has 11 heavy (non-hydrogen) atoms. The highest BCUT2D eigenvalue weighted by molar-refractivity contribution is 5.82. The number of amidine groups is 1. The lowest BCUT2D eigenvalue weighted by atomic mass is 9.99. The summed E-state index contributed by atoms with van der Waals surface area (Å²) in [7, 11) is 0. The monoisotopic (exact) mass is 155 g/mol. The number of rotatable bonds is 2. The minimum Gasteiger partial charge on any atom is -0.385 e. The van der Waals surface area contributed by atoms with Crippen LogP contribution in [-0.4, -0.2) is 18.9 Å². The molecule has 1 fully saturated rings. The Balaban J connectivity index is 2.44. The second-order valence-corrected chi connectivity index (χ2v) is 2.67. The SMILES string of the molecule is N=N/N=C(\N)C1CCCNC1. The maximum Gasteiger partial charge on any atom is 0.128 e. The molecule has 0 spiro atoms. The van der Waals surface area contributed by atoms with Gasteiger partial charge in [-0.2, -0.15) is 5.53 Å². The van der Waals surface area contributed by atoms with Crippen LogP contribution in [0.2, 0.25) is 0 Å². The number of piperidine rings is 1. The van der Waals surface area contributed by atoms with Gasteiger partial charge in [0.15, 0.2) is 0 Å². The average molecular weight is 155 g/mol. The molecule has 0 saturated carbocycles. The first kappa shape index (κ1) is 8.13. The molecule has 0 aromatic heterocycles. The Labute approximate surface area is 65.6 Å².